The summed E-state index contributed by atoms with van der Waals surface area (Å²) >= 11 is 0. The SMILES string of the molecule is Nc1cccc(NC(=O)CN2CCCC3C(=O)NCC32)c1. The van der Waals surface area contributed by atoms with Gasteiger partial charge in [0.15, 0.2) is 0 Å². The predicted octanol–water partition coefficient (Wildman–Crippen LogP) is 0.418. The van der Waals surface area contributed by atoms with Gasteiger partial charge in [-0.15, -0.1) is 0 Å². The molecular weight excluding hydrogens is 268 g/mol. The maximum absolute atomic E-state index is 12.2. The van der Waals surface area contributed by atoms with E-state index in [1.54, 1.807) is 18.2 Å². The Balaban J connectivity index is 1.60. The van der Waals surface area contributed by atoms with Crippen molar-refractivity contribution in [3.8, 4) is 0 Å². The highest BCUT2D eigenvalue weighted by Gasteiger charge is 2.41. The molecule has 2 unspecified atom stereocenters. The second-order valence-electron chi connectivity index (χ2n) is 5.71. The van der Waals surface area contributed by atoms with E-state index in [0.29, 0.717) is 24.5 Å². The number of carbonyl (C=O) groups is 2. The van der Waals surface area contributed by atoms with Crippen molar-refractivity contribution in [3.05, 3.63) is 24.3 Å². The Labute approximate surface area is 123 Å². The summed E-state index contributed by atoms with van der Waals surface area (Å²) in [7, 11) is 0. The quantitative estimate of drug-likeness (QED) is 0.703. The van der Waals surface area contributed by atoms with E-state index in [1.807, 2.05) is 6.07 Å². The van der Waals surface area contributed by atoms with E-state index in [4.69, 9.17) is 5.73 Å². The van der Waals surface area contributed by atoms with Crippen molar-refractivity contribution >= 4 is 23.2 Å². The minimum absolute atomic E-state index is 0.0407. The van der Waals surface area contributed by atoms with Crippen molar-refractivity contribution in [2.75, 3.05) is 30.7 Å². The summed E-state index contributed by atoms with van der Waals surface area (Å²) < 4.78 is 0. The Hall–Kier alpha value is -2.08. The van der Waals surface area contributed by atoms with Crippen molar-refractivity contribution in [3.63, 3.8) is 0 Å². The standard InChI is InChI=1S/C15H20N4O2/c16-10-3-1-4-11(7-10)18-14(20)9-19-6-2-5-12-13(19)8-17-15(12)21/h1,3-4,7,12-13H,2,5-6,8-9,16H2,(H,17,21)(H,18,20). The van der Waals surface area contributed by atoms with Gasteiger partial charge in [0.05, 0.1) is 12.5 Å². The fourth-order valence-electron chi connectivity index (χ4n) is 3.24. The number of rotatable bonds is 3. The van der Waals surface area contributed by atoms with E-state index in [1.165, 1.54) is 0 Å². The summed E-state index contributed by atoms with van der Waals surface area (Å²) in [5, 5.41) is 5.75. The van der Waals surface area contributed by atoms with Gasteiger partial charge in [0.1, 0.15) is 0 Å². The third-order valence-corrected chi connectivity index (χ3v) is 4.23. The van der Waals surface area contributed by atoms with Gasteiger partial charge in [0.2, 0.25) is 11.8 Å². The molecule has 2 heterocycles. The average Bonchev–Trinajstić information content (AvgIpc) is 2.82. The van der Waals surface area contributed by atoms with Crippen LogP contribution in [0.15, 0.2) is 24.3 Å². The smallest absolute Gasteiger partial charge is 0.238 e. The summed E-state index contributed by atoms with van der Waals surface area (Å²) in [5.74, 6) is 0.0976. The van der Waals surface area contributed by atoms with Crippen LogP contribution < -0.4 is 16.4 Å². The molecule has 1 aromatic rings. The summed E-state index contributed by atoms with van der Waals surface area (Å²) in [6.07, 6.45) is 1.88. The molecule has 0 saturated carbocycles. The number of fused-ring (bicyclic) bond motifs is 1. The number of piperidine rings is 1. The number of likely N-dealkylation sites (tertiary alicyclic amines) is 1. The highest BCUT2D eigenvalue weighted by Crippen LogP contribution is 2.27. The summed E-state index contributed by atoms with van der Waals surface area (Å²) in [6, 6.07) is 7.28. The molecule has 21 heavy (non-hydrogen) atoms. The number of hydrogen-bond acceptors (Lipinski definition) is 4. The van der Waals surface area contributed by atoms with Gasteiger partial charge in [0.25, 0.3) is 0 Å². The molecule has 0 radical (unpaired) electrons. The van der Waals surface area contributed by atoms with Crippen LogP contribution >= 0.6 is 0 Å². The van der Waals surface area contributed by atoms with Gasteiger partial charge < -0.3 is 16.4 Å². The number of carbonyl (C=O) groups excluding carboxylic acids is 2. The Kier molecular flexibility index (Phi) is 3.79. The number of amides is 2. The number of nitrogen functional groups attached to an aromatic ring is 1. The van der Waals surface area contributed by atoms with E-state index in [9.17, 15) is 9.59 Å². The van der Waals surface area contributed by atoms with E-state index >= 15 is 0 Å². The third kappa shape index (κ3) is 3.00. The van der Waals surface area contributed by atoms with Crippen LogP contribution in [-0.2, 0) is 9.59 Å². The molecule has 0 bridgehead atoms. The number of hydrogen-bond donors (Lipinski definition) is 3. The number of anilines is 2. The van der Waals surface area contributed by atoms with Crippen LogP contribution in [0.4, 0.5) is 11.4 Å². The van der Waals surface area contributed by atoms with E-state index in [0.717, 1.165) is 19.4 Å². The van der Waals surface area contributed by atoms with E-state index in [2.05, 4.69) is 15.5 Å². The molecule has 4 N–H and O–H groups in total. The second-order valence-corrected chi connectivity index (χ2v) is 5.71. The summed E-state index contributed by atoms with van der Waals surface area (Å²) in [5.41, 5.74) is 7.02. The zero-order valence-electron chi connectivity index (χ0n) is 11.8. The molecule has 2 fully saturated rings. The monoisotopic (exact) mass is 288 g/mol. The number of nitrogens with two attached hydrogens (primary N) is 1. The Morgan fingerprint density at radius 2 is 2.33 bits per heavy atom. The lowest BCUT2D eigenvalue weighted by Crippen LogP contribution is -2.48. The summed E-state index contributed by atoms with van der Waals surface area (Å²) in [4.78, 5) is 26.0. The largest absolute Gasteiger partial charge is 0.399 e. The zero-order valence-corrected chi connectivity index (χ0v) is 11.8. The third-order valence-electron chi connectivity index (χ3n) is 4.23. The van der Waals surface area contributed by atoms with Crippen LogP contribution in [0.25, 0.3) is 0 Å². The minimum Gasteiger partial charge on any atom is -0.399 e. The van der Waals surface area contributed by atoms with Gasteiger partial charge in [0, 0.05) is 24.0 Å². The molecule has 2 aliphatic rings. The highest BCUT2D eigenvalue weighted by atomic mass is 16.2. The molecule has 0 spiro atoms. The zero-order chi connectivity index (χ0) is 14.8. The Bertz CT molecular complexity index is 560. The van der Waals surface area contributed by atoms with Crippen LogP contribution in [-0.4, -0.2) is 42.4 Å². The van der Waals surface area contributed by atoms with Crippen LogP contribution in [0.5, 0.6) is 0 Å². The lowest BCUT2D eigenvalue weighted by molar-refractivity contribution is -0.125. The molecule has 2 aliphatic heterocycles. The molecule has 1 aromatic carbocycles. The lowest BCUT2D eigenvalue weighted by Gasteiger charge is -2.35. The van der Waals surface area contributed by atoms with Crippen LogP contribution in [0.1, 0.15) is 12.8 Å². The number of benzene rings is 1. The van der Waals surface area contributed by atoms with Crippen molar-refractivity contribution in [2.24, 2.45) is 5.92 Å². The van der Waals surface area contributed by atoms with Gasteiger partial charge in [-0.05, 0) is 37.6 Å². The Morgan fingerprint density at radius 1 is 1.48 bits per heavy atom. The molecule has 6 nitrogen and oxygen atoms in total. The fraction of sp³-hybridized carbons (Fsp3) is 0.467. The average molecular weight is 288 g/mol. The van der Waals surface area contributed by atoms with Gasteiger partial charge in [-0.1, -0.05) is 6.07 Å². The lowest BCUT2D eigenvalue weighted by atomic mass is 9.91. The molecule has 0 aromatic heterocycles. The maximum Gasteiger partial charge on any atom is 0.238 e. The first-order valence-electron chi connectivity index (χ1n) is 7.30. The highest BCUT2D eigenvalue weighted by molar-refractivity contribution is 5.92. The topological polar surface area (TPSA) is 87.5 Å². The van der Waals surface area contributed by atoms with Crippen molar-refractivity contribution in [1.29, 1.82) is 0 Å². The molecule has 2 atom stereocenters. The molecule has 2 saturated heterocycles. The van der Waals surface area contributed by atoms with Crippen molar-refractivity contribution in [2.45, 2.75) is 18.9 Å². The first-order valence-corrected chi connectivity index (χ1v) is 7.30. The molecule has 2 amide bonds. The molecule has 6 heteroatoms. The second kappa shape index (κ2) is 5.73. The molecular formula is C15H20N4O2. The first kappa shape index (κ1) is 13.9. The normalized spacial score (nSPS) is 25.2. The van der Waals surface area contributed by atoms with Crippen molar-refractivity contribution in [1.82, 2.24) is 10.2 Å². The van der Waals surface area contributed by atoms with Crippen LogP contribution in [0, 0.1) is 5.92 Å². The summed E-state index contributed by atoms with van der Waals surface area (Å²) in [6.45, 7) is 1.82. The van der Waals surface area contributed by atoms with Gasteiger partial charge in [-0.2, -0.15) is 0 Å². The molecule has 0 aliphatic carbocycles. The van der Waals surface area contributed by atoms with Crippen LogP contribution in [0.2, 0.25) is 0 Å². The molecule has 3 rings (SSSR count). The van der Waals surface area contributed by atoms with Gasteiger partial charge in [-0.25, -0.2) is 0 Å². The first-order chi connectivity index (χ1) is 10.1. The predicted molar refractivity (Wildman–Crippen MR) is 80.6 cm³/mol. The maximum atomic E-state index is 12.2. The fourth-order valence-corrected chi connectivity index (χ4v) is 3.24. The van der Waals surface area contributed by atoms with Crippen LogP contribution in [0.3, 0.4) is 0 Å². The van der Waals surface area contributed by atoms with Gasteiger partial charge in [-0.3, -0.25) is 14.5 Å². The van der Waals surface area contributed by atoms with Gasteiger partial charge >= 0.3 is 0 Å². The van der Waals surface area contributed by atoms with Crippen molar-refractivity contribution < 1.29 is 9.59 Å². The minimum atomic E-state index is -0.0689. The number of nitrogens with one attached hydrogen (secondary N) is 2. The molecule has 112 valence electrons. The van der Waals surface area contributed by atoms with E-state index < -0.39 is 0 Å². The van der Waals surface area contributed by atoms with E-state index in [-0.39, 0.29) is 23.8 Å². The Morgan fingerprint density at radius 3 is 3.14 bits per heavy atom. The number of nitrogens with zero attached hydrogens (tertiary/aromatic N) is 1.